The van der Waals surface area contributed by atoms with E-state index in [2.05, 4.69) is 0 Å². The van der Waals surface area contributed by atoms with Crippen LogP contribution in [0.2, 0.25) is 10.0 Å². The number of halogens is 3. The van der Waals surface area contributed by atoms with Gasteiger partial charge in [0.2, 0.25) is 10.0 Å². The summed E-state index contributed by atoms with van der Waals surface area (Å²) in [6.45, 7) is 2.81. The summed E-state index contributed by atoms with van der Waals surface area (Å²) >= 11 is 17.9. The third-order valence-electron chi connectivity index (χ3n) is 3.90. The lowest BCUT2D eigenvalue weighted by atomic mass is 9.85. The van der Waals surface area contributed by atoms with Crippen LogP contribution < -0.4 is 0 Å². The van der Waals surface area contributed by atoms with Crippen molar-refractivity contribution in [1.82, 2.24) is 4.31 Å². The van der Waals surface area contributed by atoms with Gasteiger partial charge >= 0.3 is 0 Å². The Balaban J connectivity index is 2.36. The largest absolute Gasteiger partial charge is 0.244 e. The predicted molar refractivity (Wildman–Crippen MR) is 87.8 cm³/mol. The number of hydrogen-bond acceptors (Lipinski definition) is 2. The third-order valence-corrected chi connectivity index (χ3v) is 6.95. The predicted octanol–water partition coefficient (Wildman–Crippen LogP) is 4.54. The molecule has 0 aromatic heterocycles. The van der Waals surface area contributed by atoms with Crippen molar-refractivity contribution in [2.75, 3.05) is 13.1 Å². The van der Waals surface area contributed by atoms with Crippen molar-refractivity contribution in [3.63, 3.8) is 0 Å². The van der Waals surface area contributed by atoms with Gasteiger partial charge in [-0.3, -0.25) is 0 Å². The third kappa shape index (κ3) is 3.67. The van der Waals surface area contributed by atoms with E-state index in [0.29, 0.717) is 29.6 Å². The van der Waals surface area contributed by atoms with Gasteiger partial charge in [0.15, 0.2) is 0 Å². The highest BCUT2D eigenvalue weighted by atomic mass is 35.5. The van der Waals surface area contributed by atoms with E-state index in [1.54, 1.807) is 0 Å². The molecule has 3 nitrogen and oxygen atoms in total. The second-order valence-corrected chi connectivity index (χ2v) is 8.25. The molecule has 0 heterocycles. The maximum absolute atomic E-state index is 12.8. The van der Waals surface area contributed by atoms with E-state index in [4.69, 9.17) is 34.8 Å². The Hall–Kier alpha value is -0.000000000000000111. The van der Waals surface area contributed by atoms with Crippen LogP contribution in [0.3, 0.4) is 0 Å². The Morgan fingerprint density at radius 1 is 1.24 bits per heavy atom. The number of sulfonamides is 1. The Labute approximate surface area is 141 Å². The lowest BCUT2D eigenvalue weighted by molar-refractivity contribution is 0.250. The van der Waals surface area contributed by atoms with Crippen LogP contribution in [-0.2, 0) is 15.9 Å². The smallest absolute Gasteiger partial charge is 0.207 e. The first-order chi connectivity index (χ1) is 9.90. The van der Waals surface area contributed by atoms with Crippen LogP contribution in [-0.4, -0.2) is 25.8 Å². The monoisotopic (exact) mass is 369 g/mol. The summed E-state index contributed by atoms with van der Waals surface area (Å²) in [6.07, 6.45) is 3.36. The van der Waals surface area contributed by atoms with E-state index in [1.807, 2.05) is 6.92 Å². The zero-order chi connectivity index (χ0) is 15.6. The van der Waals surface area contributed by atoms with Gasteiger partial charge in [-0.2, -0.15) is 4.31 Å². The standard InChI is InChI=1S/C14H18Cl3NO2S/c1-2-18(9-10-4-3-5-10)21(19,20)14-6-11(8-15)12(16)7-13(14)17/h6-7,10H,2-5,8-9H2,1H3. The molecule has 1 aromatic carbocycles. The summed E-state index contributed by atoms with van der Waals surface area (Å²) < 4.78 is 27.1. The normalized spacial score (nSPS) is 16.2. The zero-order valence-electron chi connectivity index (χ0n) is 11.8. The van der Waals surface area contributed by atoms with Gasteiger partial charge in [-0.15, -0.1) is 11.6 Å². The van der Waals surface area contributed by atoms with Gasteiger partial charge in [0, 0.05) is 24.0 Å². The average Bonchev–Trinajstić information content (AvgIpc) is 2.37. The van der Waals surface area contributed by atoms with Crippen LogP contribution in [0.1, 0.15) is 31.7 Å². The quantitative estimate of drug-likeness (QED) is 0.689. The second-order valence-electron chi connectivity index (χ2n) is 5.26. The molecular formula is C14H18Cl3NO2S. The molecule has 0 bridgehead atoms. The van der Waals surface area contributed by atoms with Gasteiger partial charge in [0.05, 0.1) is 5.02 Å². The van der Waals surface area contributed by atoms with Gasteiger partial charge in [-0.05, 0) is 36.5 Å². The van der Waals surface area contributed by atoms with Crippen molar-refractivity contribution in [2.45, 2.75) is 37.0 Å². The molecule has 0 saturated heterocycles. The van der Waals surface area contributed by atoms with Crippen molar-refractivity contribution in [3.8, 4) is 0 Å². The number of rotatable bonds is 6. The summed E-state index contributed by atoms with van der Waals surface area (Å²) in [4.78, 5) is 0.0883. The van der Waals surface area contributed by atoms with E-state index < -0.39 is 10.0 Å². The summed E-state index contributed by atoms with van der Waals surface area (Å²) in [5.74, 6) is 0.603. The molecule has 1 aromatic rings. The van der Waals surface area contributed by atoms with Gasteiger partial charge in [-0.1, -0.05) is 36.5 Å². The number of hydrogen-bond donors (Lipinski definition) is 0. The first-order valence-corrected chi connectivity index (χ1v) is 9.67. The topological polar surface area (TPSA) is 37.4 Å². The molecule has 0 unspecified atom stereocenters. The highest BCUT2D eigenvalue weighted by molar-refractivity contribution is 7.89. The van der Waals surface area contributed by atoms with Crippen LogP contribution in [0.15, 0.2) is 17.0 Å². The van der Waals surface area contributed by atoms with Crippen molar-refractivity contribution < 1.29 is 8.42 Å². The molecule has 1 aliphatic carbocycles. The molecule has 21 heavy (non-hydrogen) atoms. The molecule has 2 rings (SSSR count). The molecule has 0 atom stereocenters. The molecule has 0 spiro atoms. The second kappa shape index (κ2) is 7.05. The fourth-order valence-corrected chi connectivity index (χ4v) is 5.02. The Kier molecular flexibility index (Phi) is 5.83. The molecule has 118 valence electrons. The van der Waals surface area contributed by atoms with Crippen LogP contribution >= 0.6 is 34.8 Å². The molecule has 0 N–H and O–H groups in total. The Morgan fingerprint density at radius 3 is 2.38 bits per heavy atom. The lowest BCUT2D eigenvalue weighted by Gasteiger charge is -2.31. The van der Waals surface area contributed by atoms with E-state index in [1.165, 1.54) is 22.9 Å². The molecule has 1 aliphatic rings. The lowest BCUT2D eigenvalue weighted by Crippen LogP contribution is -2.37. The first kappa shape index (κ1) is 17.4. The molecule has 1 saturated carbocycles. The molecule has 7 heteroatoms. The zero-order valence-corrected chi connectivity index (χ0v) is 14.9. The van der Waals surface area contributed by atoms with E-state index in [0.717, 1.165) is 12.8 Å². The average molecular weight is 371 g/mol. The summed E-state index contributed by atoms with van der Waals surface area (Å²) in [6, 6.07) is 2.93. The summed E-state index contributed by atoms with van der Waals surface area (Å²) in [5.41, 5.74) is 0.570. The minimum atomic E-state index is -3.62. The summed E-state index contributed by atoms with van der Waals surface area (Å²) in [7, 11) is -3.62. The van der Waals surface area contributed by atoms with E-state index in [-0.39, 0.29) is 15.8 Å². The minimum absolute atomic E-state index is 0.0883. The van der Waals surface area contributed by atoms with Gasteiger partial charge in [0.25, 0.3) is 0 Å². The number of alkyl halides is 1. The molecular weight excluding hydrogens is 353 g/mol. The van der Waals surface area contributed by atoms with Crippen molar-refractivity contribution in [1.29, 1.82) is 0 Å². The molecule has 1 fully saturated rings. The highest BCUT2D eigenvalue weighted by Gasteiger charge is 2.30. The first-order valence-electron chi connectivity index (χ1n) is 6.94. The van der Waals surface area contributed by atoms with Gasteiger partial charge in [-0.25, -0.2) is 8.42 Å². The minimum Gasteiger partial charge on any atom is -0.207 e. The number of nitrogens with zero attached hydrogens (tertiary/aromatic N) is 1. The van der Waals surface area contributed by atoms with Gasteiger partial charge < -0.3 is 0 Å². The van der Waals surface area contributed by atoms with Crippen molar-refractivity contribution >= 4 is 44.8 Å². The molecule has 0 radical (unpaired) electrons. The summed E-state index contributed by atoms with van der Waals surface area (Å²) in [5, 5.41) is 0.525. The van der Waals surface area contributed by atoms with Crippen LogP contribution in [0.25, 0.3) is 0 Å². The SMILES string of the molecule is CCN(CC1CCC1)S(=O)(=O)c1cc(CCl)c(Cl)cc1Cl. The highest BCUT2D eigenvalue weighted by Crippen LogP contribution is 2.33. The van der Waals surface area contributed by atoms with E-state index >= 15 is 0 Å². The van der Waals surface area contributed by atoms with Crippen molar-refractivity contribution in [2.24, 2.45) is 5.92 Å². The van der Waals surface area contributed by atoms with Crippen LogP contribution in [0.4, 0.5) is 0 Å². The Morgan fingerprint density at radius 2 is 1.90 bits per heavy atom. The van der Waals surface area contributed by atoms with Crippen LogP contribution in [0, 0.1) is 5.92 Å². The van der Waals surface area contributed by atoms with E-state index in [9.17, 15) is 8.42 Å². The van der Waals surface area contributed by atoms with Crippen molar-refractivity contribution in [3.05, 3.63) is 27.7 Å². The van der Waals surface area contributed by atoms with Gasteiger partial charge in [0.1, 0.15) is 4.90 Å². The maximum Gasteiger partial charge on any atom is 0.244 e. The number of benzene rings is 1. The fourth-order valence-electron chi connectivity index (χ4n) is 2.37. The van der Waals surface area contributed by atoms with Crippen LogP contribution in [0.5, 0.6) is 0 Å². The Bertz CT molecular complexity index is 615. The fraction of sp³-hybridized carbons (Fsp3) is 0.571. The maximum atomic E-state index is 12.8. The molecule has 0 aliphatic heterocycles. The molecule has 0 amide bonds.